The highest BCUT2D eigenvalue weighted by Crippen LogP contribution is 2.21. The first kappa shape index (κ1) is 45.8. The third kappa shape index (κ3) is 18.5. The van der Waals surface area contributed by atoms with E-state index < -0.39 is 0 Å². The van der Waals surface area contributed by atoms with Crippen molar-refractivity contribution in [3.05, 3.63) is 120 Å². The predicted molar refractivity (Wildman–Crippen MR) is 219 cm³/mol. The van der Waals surface area contributed by atoms with Gasteiger partial charge in [-0.15, -0.1) is 67.9 Å². The molecule has 0 unspecified atom stereocenters. The number of hydrogen-bond donors (Lipinski definition) is 4. The van der Waals surface area contributed by atoms with E-state index in [0.29, 0.717) is 0 Å². The third-order valence-electron chi connectivity index (χ3n) is 7.10. The third-order valence-corrected chi connectivity index (χ3v) is 7.10. The zero-order chi connectivity index (χ0) is 27.5. The van der Waals surface area contributed by atoms with Gasteiger partial charge in [0.25, 0.3) is 0 Å². The topological polar surface area (TPSA) is 48.1 Å². The van der Waals surface area contributed by atoms with Gasteiger partial charge in [-0.3, -0.25) is 0 Å². The molecule has 0 heterocycles. The first-order valence-electron chi connectivity index (χ1n) is 15.0. The summed E-state index contributed by atoms with van der Waals surface area (Å²) in [6, 6.07) is 38.8. The van der Waals surface area contributed by atoms with Crippen molar-refractivity contribution in [1.82, 2.24) is 21.3 Å². The molecule has 4 nitrogen and oxygen atoms in total. The van der Waals surface area contributed by atoms with E-state index in [1.807, 2.05) is 0 Å². The summed E-state index contributed by atoms with van der Waals surface area (Å²) >= 11 is 0. The van der Waals surface area contributed by atoms with Crippen LogP contribution in [0, 0.1) is 0 Å². The molecule has 250 valence electrons. The Morgan fingerprint density at radius 1 is 0.333 bits per heavy atom. The Bertz CT molecular complexity index is 1130. The smallest absolute Gasteiger partial charge is 0.0205 e. The molecular formula is C37H54Br4N4. The second kappa shape index (κ2) is 28.8. The summed E-state index contributed by atoms with van der Waals surface area (Å²) < 4.78 is 0. The molecule has 0 fully saturated rings. The quantitative estimate of drug-likeness (QED) is 0.0710. The lowest BCUT2D eigenvalue weighted by Crippen LogP contribution is -2.24. The van der Waals surface area contributed by atoms with Gasteiger partial charge in [0.1, 0.15) is 0 Å². The van der Waals surface area contributed by atoms with Crippen molar-refractivity contribution in [2.45, 2.75) is 46.2 Å². The molecule has 0 aliphatic carbocycles. The van der Waals surface area contributed by atoms with Crippen LogP contribution in [0.2, 0.25) is 0 Å². The fourth-order valence-electron chi connectivity index (χ4n) is 4.88. The Kier molecular flexibility index (Phi) is 29.3. The van der Waals surface area contributed by atoms with E-state index in [9.17, 15) is 0 Å². The fourth-order valence-corrected chi connectivity index (χ4v) is 4.88. The first-order chi connectivity index (χ1) is 19.9. The van der Waals surface area contributed by atoms with E-state index in [0.717, 1.165) is 65.2 Å². The van der Waals surface area contributed by atoms with Crippen LogP contribution in [0.1, 0.15) is 44.2 Å². The van der Waals surface area contributed by atoms with Gasteiger partial charge in [-0.25, -0.2) is 0 Å². The zero-order valence-corrected chi connectivity index (χ0v) is 32.4. The van der Waals surface area contributed by atoms with E-state index in [-0.39, 0.29) is 75.4 Å². The average Bonchev–Trinajstić information content (AvgIpc) is 3.02. The second-order valence-corrected chi connectivity index (χ2v) is 10.4. The molecule has 4 rings (SSSR count). The van der Waals surface area contributed by atoms with Crippen molar-refractivity contribution >= 4 is 67.9 Å². The predicted octanol–water partition coefficient (Wildman–Crippen LogP) is 9.59. The molecule has 8 heteroatoms. The number of nitrogens with one attached hydrogen (secondary N) is 4. The minimum Gasteiger partial charge on any atom is -0.317 e. The first-order valence-corrected chi connectivity index (χ1v) is 15.0. The number of halogens is 4. The van der Waals surface area contributed by atoms with Gasteiger partial charge >= 0.3 is 0 Å². The lowest BCUT2D eigenvalue weighted by atomic mass is 10.0. The maximum absolute atomic E-state index is 3.59. The number of hydrogen-bond acceptors (Lipinski definition) is 4. The molecule has 4 N–H and O–H groups in total. The number of unbranched alkanes of at least 4 members (excludes halogenated alkanes) is 1. The Morgan fingerprint density at radius 3 is 1.07 bits per heavy atom. The van der Waals surface area contributed by atoms with Crippen molar-refractivity contribution in [1.29, 1.82) is 0 Å². The van der Waals surface area contributed by atoms with Crippen LogP contribution in [-0.2, 0) is 13.1 Å². The molecule has 0 atom stereocenters. The zero-order valence-electron chi connectivity index (χ0n) is 25.5. The molecule has 45 heavy (non-hydrogen) atoms. The van der Waals surface area contributed by atoms with Crippen LogP contribution in [0.3, 0.4) is 0 Å². The maximum Gasteiger partial charge on any atom is 0.0205 e. The van der Waals surface area contributed by atoms with E-state index in [2.05, 4.69) is 130 Å². The van der Waals surface area contributed by atoms with Gasteiger partial charge in [0.05, 0.1) is 0 Å². The van der Waals surface area contributed by atoms with E-state index in [1.165, 1.54) is 46.2 Å². The monoisotopic (exact) mass is 870 g/mol. The molecule has 0 aliphatic rings. The van der Waals surface area contributed by atoms with Crippen LogP contribution < -0.4 is 21.3 Å². The second-order valence-electron chi connectivity index (χ2n) is 10.4. The molecule has 0 aliphatic heterocycles. The summed E-state index contributed by atoms with van der Waals surface area (Å²) in [6.07, 6.45) is 4.76. The van der Waals surface area contributed by atoms with Crippen LogP contribution in [-0.4, -0.2) is 39.3 Å². The van der Waals surface area contributed by atoms with Crippen LogP contribution in [0.5, 0.6) is 0 Å². The molecule has 0 saturated carbocycles. The molecule has 0 aromatic heterocycles. The van der Waals surface area contributed by atoms with Crippen molar-refractivity contribution in [3.63, 3.8) is 0 Å². The van der Waals surface area contributed by atoms with Crippen molar-refractivity contribution in [2.75, 3.05) is 39.3 Å². The highest BCUT2D eigenvalue weighted by atomic mass is 79.9. The van der Waals surface area contributed by atoms with Crippen LogP contribution in [0.25, 0.3) is 22.3 Å². The summed E-state index contributed by atoms with van der Waals surface area (Å²) in [4.78, 5) is 0. The van der Waals surface area contributed by atoms with Gasteiger partial charge in [-0.05, 0) is 110 Å². The maximum atomic E-state index is 3.59. The lowest BCUT2D eigenvalue weighted by molar-refractivity contribution is 0.547. The minimum absolute atomic E-state index is 0. The van der Waals surface area contributed by atoms with Gasteiger partial charge in [-0.2, -0.15) is 0 Å². The summed E-state index contributed by atoms with van der Waals surface area (Å²) in [5.74, 6) is 0. The van der Waals surface area contributed by atoms with E-state index in [1.54, 1.807) is 0 Å². The summed E-state index contributed by atoms with van der Waals surface area (Å²) in [5.41, 5.74) is 7.80. The van der Waals surface area contributed by atoms with Crippen molar-refractivity contribution in [2.24, 2.45) is 0 Å². The average molecular weight is 874 g/mol. The highest BCUT2D eigenvalue weighted by molar-refractivity contribution is 8.93. The molecular weight excluding hydrogens is 820 g/mol. The Morgan fingerprint density at radius 2 is 0.667 bits per heavy atom. The molecule has 0 spiro atoms. The summed E-state index contributed by atoms with van der Waals surface area (Å²) in [6.45, 7) is 8.27. The molecule has 4 aromatic carbocycles. The standard InChI is InChI=1S/C36H46N4.CH4.4BrH/c1-3-15-33(16-4-1)35-19-9-13-31(27-35)29-39-25-11-23-37-21-7-8-22-38-24-12-26-40-30-32-14-10-20-36(28-32)34-17-5-2-6-18-34;;;;;/h1-6,9-10,13-20,27-28,37-40H,7-8,11-12,21-26,29-30H2;1H4;4*1H. The van der Waals surface area contributed by atoms with E-state index >= 15 is 0 Å². The Labute approximate surface area is 315 Å². The molecule has 0 amide bonds. The van der Waals surface area contributed by atoms with Gasteiger partial charge in [0.2, 0.25) is 0 Å². The fraction of sp³-hybridized carbons (Fsp3) is 0.351. The SMILES string of the molecule is Br.Br.Br.Br.C.c1ccc(-c2cccc(CNCCCNCCCCNCCCNCc3cccc(-c4ccccc4)c3)c2)cc1. The van der Waals surface area contributed by atoms with Gasteiger partial charge in [0, 0.05) is 13.1 Å². The van der Waals surface area contributed by atoms with Crippen LogP contribution >= 0.6 is 67.9 Å². The molecule has 0 radical (unpaired) electrons. The number of benzene rings is 4. The van der Waals surface area contributed by atoms with Gasteiger partial charge < -0.3 is 21.3 Å². The van der Waals surface area contributed by atoms with Crippen LogP contribution in [0.4, 0.5) is 0 Å². The highest BCUT2D eigenvalue weighted by Gasteiger charge is 2.00. The Balaban J connectivity index is 0. The summed E-state index contributed by atoms with van der Waals surface area (Å²) in [5, 5.41) is 14.3. The number of rotatable bonds is 19. The largest absolute Gasteiger partial charge is 0.317 e. The van der Waals surface area contributed by atoms with Gasteiger partial charge in [0.15, 0.2) is 0 Å². The van der Waals surface area contributed by atoms with Crippen molar-refractivity contribution < 1.29 is 0 Å². The van der Waals surface area contributed by atoms with Crippen molar-refractivity contribution in [3.8, 4) is 22.3 Å². The summed E-state index contributed by atoms with van der Waals surface area (Å²) in [7, 11) is 0. The normalized spacial score (nSPS) is 9.87. The van der Waals surface area contributed by atoms with Gasteiger partial charge in [-0.1, -0.05) is 104 Å². The molecule has 0 bridgehead atoms. The molecule has 4 aromatic rings. The molecule has 0 saturated heterocycles. The lowest BCUT2D eigenvalue weighted by Gasteiger charge is -2.09. The minimum atomic E-state index is 0. The van der Waals surface area contributed by atoms with E-state index in [4.69, 9.17) is 0 Å². The Hall–Kier alpha value is -1.36. The van der Waals surface area contributed by atoms with Crippen LogP contribution in [0.15, 0.2) is 109 Å².